The number of hydrogen-bond donors (Lipinski definition) is 1. The number of rotatable bonds is 5. The van der Waals surface area contributed by atoms with Gasteiger partial charge in [0.25, 0.3) is 0 Å². The van der Waals surface area contributed by atoms with Crippen molar-refractivity contribution in [3.63, 3.8) is 0 Å². The molecule has 0 heterocycles. The summed E-state index contributed by atoms with van der Waals surface area (Å²) in [5.74, 6) is -1.99. The number of ketones is 1. The Bertz CT molecular complexity index is 277. The lowest BCUT2D eigenvalue weighted by Crippen LogP contribution is -2.09. The second kappa shape index (κ2) is 5.90. The van der Waals surface area contributed by atoms with Crippen LogP contribution in [0, 0.1) is 0 Å². The van der Waals surface area contributed by atoms with Crippen LogP contribution in [0.15, 0.2) is 11.6 Å². The maximum absolute atomic E-state index is 10.8. The van der Waals surface area contributed by atoms with Crippen molar-refractivity contribution in [1.29, 1.82) is 0 Å². The molecule has 0 bridgehead atoms. The number of carbonyl (C=O) groups excluding carboxylic acids is 2. The molecular weight excluding hydrogens is 188 g/mol. The molecule has 1 N–H and O–H groups in total. The van der Waals surface area contributed by atoms with Crippen molar-refractivity contribution < 1.29 is 24.2 Å². The molecule has 0 aliphatic heterocycles. The van der Waals surface area contributed by atoms with E-state index >= 15 is 0 Å². The van der Waals surface area contributed by atoms with E-state index in [0.29, 0.717) is 0 Å². The molecule has 78 valence electrons. The molecule has 0 fully saturated rings. The summed E-state index contributed by atoms with van der Waals surface area (Å²) in [4.78, 5) is 31.5. The van der Waals surface area contributed by atoms with Crippen LogP contribution in [0.3, 0.4) is 0 Å². The SMILES string of the molecule is CC(=O)CC(=O)OCC=C(C)C(=O)O. The quantitative estimate of drug-likeness (QED) is 0.398. The molecule has 0 aliphatic carbocycles. The van der Waals surface area contributed by atoms with E-state index in [1.807, 2.05) is 0 Å². The van der Waals surface area contributed by atoms with Crippen molar-refractivity contribution in [2.75, 3.05) is 6.61 Å². The third-order valence-corrected chi connectivity index (χ3v) is 1.36. The van der Waals surface area contributed by atoms with Gasteiger partial charge in [-0.15, -0.1) is 0 Å². The van der Waals surface area contributed by atoms with Crippen molar-refractivity contribution in [2.24, 2.45) is 0 Å². The Labute approximate surface area is 81.4 Å². The molecule has 0 aromatic heterocycles. The summed E-state index contributed by atoms with van der Waals surface area (Å²) < 4.78 is 4.57. The molecule has 5 heteroatoms. The second-order valence-corrected chi connectivity index (χ2v) is 2.75. The lowest BCUT2D eigenvalue weighted by atomic mass is 10.3. The summed E-state index contributed by atoms with van der Waals surface area (Å²) in [5.41, 5.74) is 0.0978. The highest BCUT2D eigenvalue weighted by Crippen LogP contribution is 1.94. The number of carbonyl (C=O) groups is 3. The van der Waals surface area contributed by atoms with Gasteiger partial charge in [-0.05, 0) is 19.9 Å². The van der Waals surface area contributed by atoms with E-state index in [4.69, 9.17) is 5.11 Å². The van der Waals surface area contributed by atoms with Gasteiger partial charge < -0.3 is 9.84 Å². The van der Waals surface area contributed by atoms with Gasteiger partial charge in [-0.2, -0.15) is 0 Å². The van der Waals surface area contributed by atoms with Gasteiger partial charge >= 0.3 is 11.9 Å². The molecule has 0 saturated heterocycles. The average Bonchev–Trinajstić information content (AvgIpc) is 2.02. The second-order valence-electron chi connectivity index (χ2n) is 2.75. The zero-order valence-corrected chi connectivity index (χ0v) is 8.07. The summed E-state index contributed by atoms with van der Waals surface area (Å²) in [5, 5.41) is 8.43. The fourth-order valence-corrected chi connectivity index (χ4v) is 0.601. The van der Waals surface area contributed by atoms with Gasteiger partial charge in [-0.3, -0.25) is 9.59 Å². The van der Waals surface area contributed by atoms with E-state index in [1.54, 1.807) is 0 Å². The van der Waals surface area contributed by atoms with Gasteiger partial charge in [0.1, 0.15) is 18.8 Å². The largest absolute Gasteiger partial charge is 0.478 e. The average molecular weight is 200 g/mol. The van der Waals surface area contributed by atoms with Gasteiger partial charge in [-0.25, -0.2) is 4.79 Å². The van der Waals surface area contributed by atoms with Crippen LogP contribution < -0.4 is 0 Å². The topological polar surface area (TPSA) is 80.7 Å². The van der Waals surface area contributed by atoms with Crippen molar-refractivity contribution in [2.45, 2.75) is 20.3 Å². The van der Waals surface area contributed by atoms with Gasteiger partial charge in [0, 0.05) is 5.57 Å². The molecule has 0 aromatic rings. The third kappa shape index (κ3) is 5.93. The van der Waals surface area contributed by atoms with Crippen LogP contribution in [0.4, 0.5) is 0 Å². The third-order valence-electron chi connectivity index (χ3n) is 1.36. The summed E-state index contributed by atoms with van der Waals surface area (Å²) in [7, 11) is 0. The Morgan fingerprint density at radius 2 is 1.86 bits per heavy atom. The van der Waals surface area contributed by atoms with Crippen LogP contribution in [-0.2, 0) is 19.1 Å². The predicted molar refractivity (Wildman–Crippen MR) is 47.6 cm³/mol. The standard InChI is InChI=1S/C9H12O5/c1-6(9(12)13)3-4-14-8(11)5-7(2)10/h3H,4-5H2,1-2H3,(H,12,13). The van der Waals surface area contributed by atoms with E-state index < -0.39 is 11.9 Å². The van der Waals surface area contributed by atoms with E-state index in [9.17, 15) is 14.4 Å². The fourth-order valence-electron chi connectivity index (χ4n) is 0.601. The first kappa shape index (κ1) is 12.3. The Morgan fingerprint density at radius 3 is 2.29 bits per heavy atom. The number of esters is 1. The minimum atomic E-state index is -1.06. The summed E-state index contributed by atoms with van der Waals surface area (Å²) >= 11 is 0. The summed E-state index contributed by atoms with van der Waals surface area (Å²) in [6, 6.07) is 0. The minimum Gasteiger partial charge on any atom is -0.478 e. The molecule has 0 radical (unpaired) electrons. The highest BCUT2D eigenvalue weighted by Gasteiger charge is 2.05. The molecule has 0 spiro atoms. The van der Waals surface area contributed by atoms with Crippen molar-refractivity contribution in [3.05, 3.63) is 11.6 Å². The maximum Gasteiger partial charge on any atom is 0.331 e. The predicted octanol–water partition coefficient (Wildman–Crippen LogP) is 0.540. The van der Waals surface area contributed by atoms with Gasteiger partial charge in [0.15, 0.2) is 0 Å². The van der Waals surface area contributed by atoms with Gasteiger partial charge in [0.2, 0.25) is 0 Å². The van der Waals surface area contributed by atoms with Crippen LogP contribution in [0.25, 0.3) is 0 Å². The van der Waals surface area contributed by atoms with E-state index in [1.165, 1.54) is 19.9 Å². The maximum atomic E-state index is 10.8. The molecule has 5 nitrogen and oxygen atoms in total. The van der Waals surface area contributed by atoms with E-state index in [0.717, 1.165) is 0 Å². The number of aliphatic carboxylic acids is 1. The van der Waals surface area contributed by atoms with Crippen molar-refractivity contribution >= 4 is 17.7 Å². The highest BCUT2D eigenvalue weighted by molar-refractivity contribution is 5.94. The number of ether oxygens (including phenoxy) is 1. The van der Waals surface area contributed by atoms with E-state index in [2.05, 4.69) is 4.74 Å². The van der Waals surface area contributed by atoms with Crippen LogP contribution in [0.1, 0.15) is 20.3 Å². The normalized spacial score (nSPS) is 10.9. The monoisotopic (exact) mass is 200 g/mol. The molecule has 0 unspecified atom stereocenters. The number of Topliss-reactive ketones (excluding diaryl/α,β-unsaturated/α-hetero) is 1. The molecule has 0 atom stereocenters. The van der Waals surface area contributed by atoms with Crippen LogP contribution >= 0.6 is 0 Å². The van der Waals surface area contributed by atoms with Gasteiger partial charge in [-0.1, -0.05) is 0 Å². The van der Waals surface area contributed by atoms with Crippen LogP contribution in [0.2, 0.25) is 0 Å². The number of carboxylic acid groups (broad SMARTS) is 1. The Morgan fingerprint density at radius 1 is 1.29 bits per heavy atom. The molecule has 0 aliphatic rings. The first-order chi connectivity index (χ1) is 6.43. The Hall–Kier alpha value is -1.65. The lowest BCUT2D eigenvalue weighted by molar-refractivity contribution is -0.144. The number of hydrogen-bond acceptors (Lipinski definition) is 4. The molecule has 0 amide bonds. The van der Waals surface area contributed by atoms with Crippen molar-refractivity contribution in [3.8, 4) is 0 Å². The molecule has 0 rings (SSSR count). The lowest BCUT2D eigenvalue weighted by Gasteiger charge is -1.99. The molecular formula is C9H12O5. The zero-order valence-electron chi connectivity index (χ0n) is 8.07. The minimum absolute atomic E-state index is 0.0978. The first-order valence-corrected chi connectivity index (χ1v) is 3.98. The molecule has 14 heavy (non-hydrogen) atoms. The molecule has 0 aromatic carbocycles. The number of carboxylic acids is 1. The smallest absolute Gasteiger partial charge is 0.331 e. The highest BCUT2D eigenvalue weighted by atomic mass is 16.5. The Kier molecular flexibility index (Phi) is 5.21. The van der Waals surface area contributed by atoms with Gasteiger partial charge in [0.05, 0.1) is 0 Å². The fraction of sp³-hybridized carbons (Fsp3) is 0.444. The van der Waals surface area contributed by atoms with Crippen LogP contribution in [-0.4, -0.2) is 29.4 Å². The van der Waals surface area contributed by atoms with Crippen molar-refractivity contribution in [1.82, 2.24) is 0 Å². The molecule has 0 saturated carbocycles. The summed E-state index contributed by atoms with van der Waals surface area (Å²) in [6.07, 6.45) is 0.986. The zero-order chi connectivity index (χ0) is 11.1. The Balaban J connectivity index is 3.85. The van der Waals surface area contributed by atoms with E-state index in [-0.39, 0.29) is 24.4 Å². The first-order valence-electron chi connectivity index (χ1n) is 3.98. The summed E-state index contributed by atoms with van der Waals surface area (Å²) in [6.45, 7) is 2.55. The van der Waals surface area contributed by atoms with Crippen LogP contribution in [0.5, 0.6) is 0 Å².